The molecule has 2 atom stereocenters. The van der Waals surface area contributed by atoms with Crippen LogP contribution in [0.1, 0.15) is 47.1 Å². The van der Waals surface area contributed by atoms with E-state index in [-0.39, 0.29) is 34.2 Å². The maximum absolute atomic E-state index is 13.4. The number of carbonyl (C=O) groups is 1. The van der Waals surface area contributed by atoms with Gasteiger partial charge in [0.25, 0.3) is 0 Å². The number of ether oxygens (including phenoxy) is 1. The van der Waals surface area contributed by atoms with Crippen molar-refractivity contribution in [3.8, 4) is 5.75 Å². The second-order valence-corrected chi connectivity index (χ2v) is 8.36. The van der Waals surface area contributed by atoms with E-state index in [9.17, 15) is 23.5 Å². The number of halogens is 2. The van der Waals surface area contributed by atoms with Crippen molar-refractivity contribution in [3.05, 3.63) is 39.7 Å². The van der Waals surface area contributed by atoms with Crippen molar-refractivity contribution in [1.29, 1.82) is 0 Å². The summed E-state index contributed by atoms with van der Waals surface area (Å²) in [4.78, 5) is 26.7. The Morgan fingerprint density at radius 1 is 1.27 bits per heavy atom. The molecular weight excluding hydrogens is 396 g/mol. The largest absolute Gasteiger partial charge is 0.477 e. The summed E-state index contributed by atoms with van der Waals surface area (Å²) in [6, 6.07) is 3.58. The molecule has 0 amide bonds. The van der Waals surface area contributed by atoms with E-state index in [1.807, 2.05) is 0 Å². The van der Waals surface area contributed by atoms with Gasteiger partial charge in [0.2, 0.25) is 5.43 Å². The number of piperazine rings is 1. The maximum Gasteiger partial charge on any atom is 0.387 e. The van der Waals surface area contributed by atoms with E-state index in [1.54, 1.807) is 16.7 Å². The highest BCUT2D eigenvalue weighted by molar-refractivity contribution is 5.95. The van der Waals surface area contributed by atoms with Crippen molar-refractivity contribution in [2.24, 2.45) is 0 Å². The lowest BCUT2D eigenvalue weighted by atomic mass is 9.93. The van der Waals surface area contributed by atoms with Crippen LogP contribution in [-0.4, -0.2) is 59.4 Å². The molecule has 2 saturated heterocycles. The summed E-state index contributed by atoms with van der Waals surface area (Å²) in [7, 11) is 0. The van der Waals surface area contributed by atoms with Crippen molar-refractivity contribution in [1.82, 2.24) is 14.8 Å². The molecule has 0 spiro atoms. The first-order valence-corrected chi connectivity index (χ1v) is 10.3. The molecule has 2 aliphatic heterocycles. The number of carboxylic acid groups (broad SMARTS) is 1. The number of aromatic carboxylic acids is 1. The van der Waals surface area contributed by atoms with Crippen LogP contribution in [0.5, 0.6) is 5.75 Å². The number of hydrogen-bond acceptors (Lipinski definition) is 5. The van der Waals surface area contributed by atoms with Crippen molar-refractivity contribution >= 4 is 16.9 Å². The number of alkyl halides is 2. The van der Waals surface area contributed by atoms with Gasteiger partial charge in [0.05, 0.1) is 10.9 Å². The Hall–Kier alpha value is -2.52. The first-order valence-electron chi connectivity index (χ1n) is 10.3. The lowest BCUT2D eigenvalue weighted by Crippen LogP contribution is -2.47. The monoisotopic (exact) mass is 419 g/mol. The number of benzene rings is 1. The SMILES string of the molecule is O=C(O)c1cn(C2CC2)c2c(OC(F)F)c(C3C[C@H]4CNCCN4C3)ccc2c1=O. The van der Waals surface area contributed by atoms with Gasteiger partial charge in [0.15, 0.2) is 5.75 Å². The predicted octanol–water partition coefficient (Wildman–Crippen LogP) is 2.40. The highest BCUT2D eigenvalue weighted by atomic mass is 19.3. The van der Waals surface area contributed by atoms with Gasteiger partial charge in [-0.05, 0) is 25.3 Å². The molecule has 0 radical (unpaired) electrons. The maximum atomic E-state index is 13.4. The van der Waals surface area contributed by atoms with E-state index in [0.29, 0.717) is 11.6 Å². The van der Waals surface area contributed by atoms with E-state index in [1.165, 1.54) is 6.20 Å². The van der Waals surface area contributed by atoms with Crippen molar-refractivity contribution in [2.75, 3.05) is 26.2 Å². The van der Waals surface area contributed by atoms with E-state index in [4.69, 9.17) is 4.74 Å². The summed E-state index contributed by atoms with van der Waals surface area (Å²) in [5.41, 5.74) is -0.0790. The summed E-state index contributed by atoms with van der Waals surface area (Å²) in [6.45, 7) is 0.388. The molecule has 1 aliphatic carbocycles. The third-order valence-corrected chi connectivity index (χ3v) is 6.48. The van der Waals surface area contributed by atoms with E-state index in [2.05, 4.69) is 10.2 Å². The minimum absolute atomic E-state index is 0.00922. The molecule has 2 N–H and O–H groups in total. The fourth-order valence-electron chi connectivity index (χ4n) is 4.95. The van der Waals surface area contributed by atoms with Crippen LogP contribution < -0.4 is 15.5 Å². The summed E-state index contributed by atoms with van der Waals surface area (Å²) in [5.74, 6) is -1.30. The minimum atomic E-state index is -3.04. The molecule has 1 saturated carbocycles. The number of nitrogens with zero attached hydrogens (tertiary/aromatic N) is 2. The number of aromatic nitrogens is 1. The standard InChI is InChI=1S/C21H23F2N3O4/c22-21(23)30-19-14(11-7-13-8-24-5-6-25(13)9-11)3-4-15-17(19)26(12-1-2-12)10-16(18(15)27)20(28)29/h3-4,10-13,21,24H,1-2,5-9H2,(H,28,29)/t11?,13-/m0/s1. The molecule has 9 heteroatoms. The molecule has 3 fully saturated rings. The average Bonchev–Trinajstić information content (AvgIpc) is 3.46. The fourth-order valence-corrected chi connectivity index (χ4v) is 4.95. The Kier molecular flexibility index (Phi) is 4.74. The molecule has 3 heterocycles. The number of nitrogens with one attached hydrogen (secondary N) is 1. The second kappa shape index (κ2) is 7.31. The third kappa shape index (κ3) is 3.26. The van der Waals surface area contributed by atoms with Gasteiger partial charge in [-0.1, -0.05) is 6.07 Å². The van der Waals surface area contributed by atoms with E-state index < -0.39 is 18.0 Å². The van der Waals surface area contributed by atoms with Gasteiger partial charge in [-0.25, -0.2) is 4.79 Å². The minimum Gasteiger partial charge on any atom is -0.477 e. The molecule has 7 nitrogen and oxygen atoms in total. The topological polar surface area (TPSA) is 83.8 Å². The number of hydrogen-bond donors (Lipinski definition) is 2. The van der Waals surface area contributed by atoms with E-state index in [0.717, 1.165) is 45.4 Å². The molecule has 3 aliphatic rings. The first-order chi connectivity index (χ1) is 14.4. The highest BCUT2D eigenvalue weighted by Crippen LogP contribution is 2.44. The van der Waals surface area contributed by atoms with Crippen LogP contribution in [0.4, 0.5) is 8.78 Å². The molecule has 160 valence electrons. The van der Waals surface area contributed by atoms with Gasteiger partial charge in [-0.3, -0.25) is 9.69 Å². The van der Waals surface area contributed by atoms with Gasteiger partial charge in [0, 0.05) is 55.9 Å². The van der Waals surface area contributed by atoms with Crippen LogP contribution in [0.2, 0.25) is 0 Å². The Labute approximate surface area is 171 Å². The first kappa shape index (κ1) is 19.4. The zero-order valence-corrected chi connectivity index (χ0v) is 16.3. The van der Waals surface area contributed by atoms with Crippen LogP contribution in [0.3, 0.4) is 0 Å². The molecule has 5 rings (SSSR count). The Morgan fingerprint density at radius 2 is 2.07 bits per heavy atom. The smallest absolute Gasteiger partial charge is 0.387 e. The van der Waals surface area contributed by atoms with Crippen molar-refractivity contribution in [3.63, 3.8) is 0 Å². The van der Waals surface area contributed by atoms with Crippen LogP contribution in [0, 0.1) is 0 Å². The average molecular weight is 419 g/mol. The molecule has 2 aromatic rings. The molecule has 1 unspecified atom stereocenters. The summed E-state index contributed by atoms with van der Waals surface area (Å²) < 4.78 is 33.6. The number of carboxylic acids is 1. The molecule has 1 aromatic carbocycles. The van der Waals surface area contributed by atoms with Gasteiger partial charge in [-0.15, -0.1) is 0 Å². The van der Waals surface area contributed by atoms with Crippen LogP contribution in [0.15, 0.2) is 23.1 Å². The lowest BCUT2D eigenvalue weighted by Gasteiger charge is -2.29. The Balaban J connectivity index is 1.70. The Bertz CT molecular complexity index is 1050. The zero-order chi connectivity index (χ0) is 21.0. The van der Waals surface area contributed by atoms with Gasteiger partial charge in [-0.2, -0.15) is 8.78 Å². The highest BCUT2D eigenvalue weighted by Gasteiger charge is 2.37. The van der Waals surface area contributed by atoms with Gasteiger partial charge < -0.3 is 19.7 Å². The molecular formula is C21H23F2N3O4. The molecule has 1 aromatic heterocycles. The van der Waals surface area contributed by atoms with Crippen LogP contribution in [0.25, 0.3) is 10.9 Å². The Morgan fingerprint density at radius 3 is 2.73 bits per heavy atom. The second-order valence-electron chi connectivity index (χ2n) is 8.36. The van der Waals surface area contributed by atoms with E-state index >= 15 is 0 Å². The van der Waals surface area contributed by atoms with Gasteiger partial charge >= 0.3 is 12.6 Å². The zero-order valence-electron chi connectivity index (χ0n) is 16.3. The normalized spacial score (nSPS) is 24.4. The van der Waals surface area contributed by atoms with Crippen LogP contribution >= 0.6 is 0 Å². The predicted molar refractivity (Wildman–Crippen MR) is 106 cm³/mol. The third-order valence-electron chi connectivity index (χ3n) is 6.48. The van der Waals surface area contributed by atoms with Gasteiger partial charge in [0.1, 0.15) is 5.56 Å². The summed E-state index contributed by atoms with van der Waals surface area (Å²) in [6.07, 6.45) is 3.72. The fraction of sp³-hybridized carbons (Fsp3) is 0.524. The lowest BCUT2D eigenvalue weighted by molar-refractivity contribution is -0.0498. The summed E-state index contributed by atoms with van der Waals surface area (Å²) in [5, 5.41) is 12.9. The van der Waals surface area contributed by atoms with Crippen molar-refractivity contribution in [2.45, 2.75) is 43.9 Å². The van der Waals surface area contributed by atoms with Crippen molar-refractivity contribution < 1.29 is 23.4 Å². The molecule has 0 bridgehead atoms. The number of rotatable bonds is 5. The molecule has 30 heavy (non-hydrogen) atoms. The quantitative estimate of drug-likeness (QED) is 0.775. The number of fused-ring (bicyclic) bond motifs is 2. The summed E-state index contributed by atoms with van der Waals surface area (Å²) >= 11 is 0. The van der Waals surface area contributed by atoms with Crippen LogP contribution in [-0.2, 0) is 0 Å². The number of pyridine rings is 1.